The molecule has 0 N–H and O–H groups in total. The number of rotatable bonds is 8. The summed E-state index contributed by atoms with van der Waals surface area (Å²) in [5.74, 6) is -0.236. The number of ether oxygens (including phenoxy) is 3. The van der Waals surface area contributed by atoms with Crippen molar-refractivity contribution < 1.29 is 19.0 Å². The molecule has 0 aliphatic heterocycles. The number of aryl methyl sites for hydroxylation is 1. The zero-order valence-corrected chi connectivity index (χ0v) is 15.9. The molecular formula is C20H22ClNO4. The molecule has 0 aliphatic rings. The molecule has 2 rings (SSSR count). The Morgan fingerprint density at radius 3 is 2.58 bits per heavy atom. The molecule has 0 aliphatic carbocycles. The maximum atomic E-state index is 12.4. The van der Waals surface area contributed by atoms with Crippen LogP contribution in [0.1, 0.15) is 41.0 Å². The Bertz CT molecular complexity index is 775. The van der Waals surface area contributed by atoms with E-state index in [1.807, 2.05) is 37.3 Å². The summed E-state index contributed by atoms with van der Waals surface area (Å²) >= 11 is 6.23. The van der Waals surface area contributed by atoms with Crippen molar-refractivity contribution in [2.24, 2.45) is 0 Å². The lowest BCUT2D eigenvalue weighted by molar-refractivity contribution is 0.0520. The van der Waals surface area contributed by atoms with E-state index in [-0.39, 0.29) is 23.9 Å². The molecular weight excluding hydrogens is 354 g/mol. The molecule has 1 heterocycles. The zero-order chi connectivity index (χ0) is 18.9. The first-order valence-electron chi connectivity index (χ1n) is 8.40. The van der Waals surface area contributed by atoms with Gasteiger partial charge in [0.05, 0.1) is 25.2 Å². The van der Waals surface area contributed by atoms with Gasteiger partial charge in [0.1, 0.15) is 23.1 Å². The minimum atomic E-state index is -0.570. The molecule has 2 aromatic rings. The van der Waals surface area contributed by atoms with Crippen LogP contribution in [0.4, 0.5) is 0 Å². The van der Waals surface area contributed by atoms with Crippen LogP contribution in [0.2, 0.25) is 5.15 Å². The van der Waals surface area contributed by atoms with E-state index in [0.717, 1.165) is 5.56 Å². The Balaban J connectivity index is 2.48. The lowest BCUT2D eigenvalue weighted by Crippen LogP contribution is -2.12. The molecule has 0 amide bonds. The average Bonchev–Trinajstić information content (AvgIpc) is 2.63. The van der Waals surface area contributed by atoms with Crippen LogP contribution in [0.15, 0.2) is 36.6 Å². The fourth-order valence-electron chi connectivity index (χ4n) is 2.32. The number of halogens is 1. The van der Waals surface area contributed by atoms with E-state index in [1.54, 1.807) is 26.2 Å². The Labute approximate surface area is 158 Å². The van der Waals surface area contributed by atoms with E-state index in [0.29, 0.717) is 23.6 Å². The van der Waals surface area contributed by atoms with Crippen molar-refractivity contribution in [3.63, 3.8) is 0 Å². The lowest BCUT2D eigenvalue weighted by Gasteiger charge is -2.16. The first-order valence-corrected chi connectivity index (χ1v) is 8.78. The van der Waals surface area contributed by atoms with Crippen LogP contribution in [-0.4, -0.2) is 24.2 Å². The van der Waals surface area contributed by atoms with Crippen LogP contribution in [0.5, 0.6) is 5.75 Å². The van der Waals surface area contributed by atoms with Gasteiger partial charge in [-0.3, -0.25) is 0 Å². The summed E-state index contributed by atoms with van der Waals surface area (Å²) in [5.41, 5.74) is 2.34. The largest absolute Gasteiger partial charge is 0.501 e. The van der Waals surface area contributed by atoms with Gasteiger partial charge >= 0.3 is 5.97 Å². The molecule has 0 saturated carbocycles. The van der Waals surface area contributed by atoms with Crippen LogP contribution in [0, 0.1) is 6.92 Å². The topological polar surface area (TPSA) is 57.7 Å². The Morgan fingerprint density at radius 2 is 1.92 bits per heavy atom. The third-order valence-electron chi connectivity index (χ3n) is 3.54. The zero-order valence-electron chi connectivity index (χ0n) is 15.1. The second kappa shape index (κ2) is 9.82. The fourth-order valence-corrected chi connectivity index (χ4v) is 2.61. The van der Waals surface area contributed by atoms with E-state index in [4.69, 9.17) is 25.8 Å². The van der Waals surface area contributed by atoms with Crippen LogP contribution in [0.25, 0.3) is 6.08 Å². The number of aromatic nitrogens is 1. The number of carbonyl (C=O) groups excluding carboxylic acids is 1. The molecule has 1 aromatic carbocycles. The highest BCUT2D eigenvalue weighted by Gasteiger charge is 2.24. The highest BCUT2D eigenvalue weighted by atomic mass is 35.5. The van der Waals surface area contributed by atoms with Crippen LogP contribution in [0.3, 0.4) is 0 Å². The number of carbonyl (C=O) groups is 1. The summed E-state index contributed by atoms with van der Waals surface area (Å²) in [6.45, 7) is 6.44. The molecule has 0 radical (unpaired) electrons. The van der Waals surface area contributed by atoms with Gasteiger partial charge in [0.15, 0.2) is 0 Å². The van der Waals surface area contributed by atoms with Gasteiger partial charge in [-0.05, 0) is 32.4 Å². The van der Waals surface area contributed by atoms with Crippen molar-refractivity contribution in [2.75, 3.05) is 13.2 Å². The Hall–Kier alpha value is -2.53. The summed E-state index contributed by atoms with van der Waals surface area (Å²) in [6, 6.07) is 9.65. The summed E-state index contributed by atoms with van der Waals surface area (Å²) in [5, 5.41) is 0.0533. The van der Waals surface area contributed by atoms with Gasteiger partial charge in [-0.25, -0.2) is 9.78 Å². The summed E-state index contributed by atoms with van der Waals surface area (Å²) in [7, 11) is 0. The number of pyridine rings is 1. The highest BCUT2D eigenvalue weighted by Crippen LogP contribution is 2.33. The molecule has 0 unspecified atom stereocenters. The van der Waals surface area contributed by atoms with Crippen molar-refractivity contribution in [3.05, 3.63) is 64.1 Å². The maximum Gasteiger partial charge on any atom is 0.345 e. The average molecular weight is 376 g/mol. The number of nitrogens with zero attached hydrogens (tertiary/aromatic N) is 1. The summed E-state index contributed by atoms with van der Waals surface area (Å²) in [6.07, 6.45) is 3.26. The molecule has 0 atom stereocenters. The third kappa shape index (κ3) is 4.99. The number of hydrogen-bond acceptors (Lipinski definition) is 5. The van der Waals surface area contributed by atoms with Crippen LogP contribution in [-0.2, 0) is 16.1 Å². The van der Waals surface area contributed by atoms with E-state index in [2.05, 4.69) is 4.98 Å². The standard InChI is InChI=1S/C20H22ClNO4/c1-4-24-12-11-16-14(3)22-19(21)17(20(23)25-5-2)18(16)26-13-15-9-7-6-8-10-15/h6-12H,4-5,13H2,1-3H3/b12-11-. The predicted octanol–water partition coefficient (Wildman–Crippen LogP) is 4.81. The number of hydrogen-bond donors (Lipinski definition) is 0. The normalized spacial score (nSPS) is 10.8. The summed E-state index contributed by atoms with van der Waals surface area (Å²) in [4.78, 5) is 16.7. The Morgan fingerprint density at radius 1 is 1.19 bits per heavy atom. The minimum Gasteiger partial charge on any atom is -0.501 e. The van der Waals surface area contributed by atoms with Gasteiger partial charge in [-0.15, -0.1) is 0 Å². The molecule has 0 spiro atoms. The number of esters is 1. The van der Waals surface area contributed by atoms with Gasteiger partial charge in [0, 0.05) is 5.56 Å². The van der Waals surface area contributed by atoms with Crippen LogP contribution >= 0.6 is 11.6 Å². The van der Waals surface area contributed by atoms with E-state index < -0.39 is 5.97 Å². The minimum absolute atomic E-state index is 0.0533. The van der Waals surface area contributed by atoms with Crippen molar-refractivity contribution in [2.45, 2.75) is 27.4 Å². The number of benzene rings is 1. The van der Waals surface area contributed by atoms with Crippen molar-refractivity contribution in [1.29, 1.82) is 0 Å². The van der Waals surface area contributed by atoms with E-state index in [1.165, 1.54) is 0 Å². The SMILES string of the molecule is CCO/C=C\c1c(C)nc(Cl)c(C(=O)OCC)c1OCc1ccccc1. The molecule has 6 heteroatoms. The van der Waals surface area contributed by atoms with E-state index in [9.17, 15) is 4.79 Å². The van der Waals surface area contributed by atoms with Gasteiger partial charge in [0.25, 0.3) is 0 Å². The Kier molecular flexibility index (Phi) is 7.48. The quantitative estimate of drug-likeness (QED) is 0.376. The van der Waals surface area contributed by atoms with Crippen molar-refractivity contribution in [1.82, 2.24) is 4.98 Å². The van der Waals surface area contributed by atoms with Gasteiger partial charge < -0.3 is 14.2 Å². The summed E-state index contributed by atoms with van der Waals surface area (Å²) < 4.78 is 16.4. The van der Waals surface area contributed by atoms with Gasteiger partial charge in [-0.2, -0.15) is 0 Å². The first-order chi connectivity index (χ1) is 12.6. The molecule has 0 bridgehead atoms. The van der Waals surface area contributed by atoms with Gasteiger partial charge in [-0.1, -0.05) is 41.9 Å². The molecule has 26 heavy (non-hydrogen) atoms. The maximum absolute atomic E-state index is 12.4. The monoisotopic (exact) mass is 375 g/mol. The second-order valence-electron chi connectivity index (χ2n) is 5.36. The second-order valence-corrected chi connectivity index (χ2v) is 5.72. The molecule has 1 aromatic heterocycles. The predicted molar refractivity (Wildman–Crippen MR) is 101 cm³/mol. The molecule has 0 fully saturated rings. The molecule has 138 valence electrons. The van der Waals surface area contributed by atoms with Crippen molar-refractivity contribution in [3.8, 4) is 5.75 Å². The van der Waals surface area contributed by atoms with Gasteiger partial charge in [0.2, 0.25) is 0 Å². The molecule has 0 saturated heterocycles. The smallest absolute Gasteiger partial charge is 0.345 e. The first kappa shape index (κ1) is 19.8. The van der Waals surface area contributed by atoms with Crippen LogP contribution < -0.4 is 4.74 Å². The fraction of sp³-hybridized carbons (Fsp3) is 0.300. The molecule has 5 nitrogen and oxygen atoms in total. The third-order valence-corrected chi connectivity index (χ3v) is 3.81. The lowest BCUT2D eigenvalue weighted by atomic mass is 10.1. The van der Waals surface area contributed by atoms with Crippen molar-refractivity contribution >= 4 is 23.6 Å². The highest BCUT2D eigenvalue weighted by molar-refractivity contribution is 6.33. The van der Waals surface area contributed by atoms with E-state index >= 15 is 0 Å².